The van der Waals surface area contributed by atoms with Gasteiger partial charge in [0.15, 0.2) is 5.78 Å². The van der Waals surface area contributed by atoms with Gasteiger partial charge in [-0.15, -0.1) is 0 Å². The zero-order valence-corrected chi connectivity index (χ0v) is 18.0. The quantitative estimate of drug-likeness (QED) is 0.576. The molecule has 3 aromatic rings. The Morgan fingerprint density at radius 3 is 2.44 bits per heavy atom. The Hall–Kier alpha value is -3.69. The molecule has 2 unspecified atom stereocenters. The standard InChI is InChI=1S/C26H20FN3OS/c27-19-6-8-20(9-7-19)30-22-12-18(16-4-2-1-3-5-16)13-23(31)25(22)24(17-10-11-32-15-17)21(14-28)26(30)29/h1-11,15,18,24H,12-13,29H2. The van der Waals surface area contributed by atoms with Gasteiger partial charge in [0.25, 0.3) is 0 Å². The topological polar surface area (TPSA) is 70.1 Å². The van der Waals surface area contributed by atoms with E-state index < -0.39 is 5.92 Å². The van der Waals surface area contributed by atoms with Crippen molar-refractivity contribution in [3.05, 3.63) is 111 Å². The first-order chi connectivity index (χ1) is 15.6. The van der Waals surface area contributed by atoms with Crippen molar-refractivity contribution < 1.29 is 9.18 Å². The minimum atomic E-state index is -0.484. The Kier molecular flexibility index (Phi) is 5.12. The summed E-state index contributed by atoms with van der Waals surface area (Å²) in [7, 11) is 0. The van der Waals surface area contributed by atoms with Crippen LogP contribution < -0.4 is 10.6 Å². The molecule has 5 rings (SSSR count). The van der Waals surface area contributed by atoms with Gasteiger partial charge in [-0.25, -0.2) is 4.39 Å². The normalized spacial score (nSPS) is 20.9. The van der Waals surface area contributed by atoms with Crippen molar-refractivity contribution in [1.82, 2.24) is 0 Å². The van der Waals surface area contributed by atoms with Gasteiger partial charge >= 0.3 is 0 Å². The highest BCUT2D eigenvalue weighted by molar-refractivity contribution is 7.08. The monoisotopic (exact) mass is 441 g/mol. The fourth-order valence-corrected chi connectivity index (χ4v) is 5.43. The van der Waals surface area contributed by atoms with E-state index in [1.165, 1.54) is 23.5 Å². The predicted octanol–water partition coefficient (Wildman–Crippen LogP) is 5.59. The van der Waals surface area contributed by atoms with Crippen LogP contribution in [-0.2, 0) is 4.79 Å². The molecule has 2 heterocycles. The maximum absolute atomic E-state index is 13.6. The second-order valence-corrected chi connectivity index (χ2v) is 8.79. The summed E-state index contributed by atoms with van der Waals surface area (Å²) in [5.41, 5.74) is 11.0. The first-order valence-corrected chi connectivity index (χ1v) is 11.3. The molecule has 1 aliphatic carbocycles. The number of rotatable bonds is 3. The maximum atomic E-state index is 13.6. The summed E-state index contributed by atoms with van der Waals surface area (Å²) in [5.74, 6) is -0.535. The average Bonchev–Trinajstić information content (AvgIpc) is 3.34. The second-order valence-electron chi connectivity index (χ2n) is 8.01. The lowest BCUT2D eigenvalue weighted by atomic mass is 9.72. The molecule has 158 valence electrons. The average molecular weight is 442 g/mol. The van der Waals surface area contributed by atoms with Gasteiger partial charge in [0.05, 0.1) is 17.6 Å². The highest BCUT2D eigenvalue weighted by Gasteiger charge is 2.42. The van der Waals surface area contributed by atoms with Crippen LogP contribution in [0, 0.1) is 17.1 Å². The van der Waals surface area contributed by atoms with Gasteiger partial charge in [0.2, 0.25) is 0 Å². The van der Waals surface area contributed by atoms with Crippen LogP contribution in [0.3, 0.4) is 0 Å². The molecular weight excluding hydrogens is 421 g/mol. The van der Waals surface area contributed by atoms with Crippen LogP contribution in [0.5, 0.6) is 0 Å². The largest absolute Gasteiger partial charge is 0.384 e. The summed E-state index contributed by atoms with van der Waals surface area (Å²) >= 11 is 1.52. The van der Waals surface area contributed by atoms with E-state index in [9.17, 15) is 14.4 Å². The molecule has 0 fully saturated rings. The number of anilines is 1. The third kappa shape index (κ3) is 3.31. The van der Waals surface area contributed by atoms with Crippen LogP contribution in [0.15, 0.2) is 94.1 Å². The number of allylic oxidation sites excluding steroid dienone is 3. The predicted molar refractivity (Wildman–Crippen MR) is 123 cm³/mol. The highest BCUT2D eigenvalue weighted by atomic mass is 32.1. The lowest BCUT2D eigenvalue weighted by molar-refractivity contribution is -0.116. The second kappa shape index (κ2) is 8.10. The summed E-state index contributed by atoms with van der Waals surface area (Å²) in [5, 5.41) is 13.9. The first kappa shape index (κ1) is 20.2. The first-order valence-electron chi connectivity index (χ1n) is 10.4. The summed E-state index contributed by atoms with van der Waals surface area (Å²) in [6, 6.07) is 20.1. The molecule has 0 amide bonds. The molecule has 1 aromatic heterocycles. The summed E-state index contributed by atoms with van der Waals surface area (Å²) in [4.78, 5) is 15.4. The number of Topliss-reactive ketones (excluding diaryl/α,β-unsaturated/α-hetero) is 1. The van der Waals surface area contributed by atoms with Crippen molar-refractivity contribution in [2.24, 2.45) is 5.73 Å². The SMILES string of the molecule is N#CC1=C(N)N(c2ccc(F)cc2)C2=C(C(=O)CC(c3ccccc3)C2)C1c1ccsc1. The minimum Gasteiger partial charge on any atom is -0.384 e. The molecule has 1 aliphatic heterocycles. The molecule has 0 bridgehead atoms. The van der Waals surface area contributed by atoms with Gasteiger partial charge in [0, 0.05) is 23.4 Å². The van der Waals surface area contributed by atoms with Crippen molar-refractivity contribution in [3.8, 4) is 6.07 Å². The van der Waals surface area contributed by atoms with Crippen molar-refractivity contribution in [3.63, 3.8) is 0 Å². The number of ketones is 1. The van der Waals surface area contributed by atoms with Crippen molar-refractivity contribution in [2.75, 3.05) is 4.90 Å². The van der Waals surface area contributed by atoms with Crippen molar-refractivity contribution in [1.29, 1.82) is 5.26 Å². The summed E-state index contributed by atoms with van der Waals surface area (Å²) in [6.45, 7) is 0. The number of hydrogen-bond acceptors (Lipinski definition) is 5. The molecule has 0 saturated heterocycles. The Balaban J connectivity index is 1.71. The van der Waals surface area contributed by atoms with Gasteiger partial charge in [-0.2, -0.15) is 16.6 Å². The van der Waals surface area contributed by atoms with E-state index in [2.05, 4.69) is 6.07 Å². The third-order valence-corrected chi connectivity index (χ3v) is 6.90. The molecule has 4 nitrogen and oxygen atoms in total. The highest BCUT2D eigenvalue weighted by Crippen LogP contribution is 2.49. The number of nitrogens with two attached hydrogens (primary N) is 1. The number of benzene rings is 2. The maximum Gasteiger partial charge on any atom is 0.162 e. The van der Waals surface area contributed by atoms with Gasteiger partial charge in [-0.1, -0.05) is 30.3 Å². The third-order valence-electron chi connectivity index (χ3n) is 6.20. The van der Waals surface area contributed by atoms with Crippen LogP contribution in [0.2, 0.25) is 0 Å². The van der Waals surface area contributed by atoms with E-state index in [-0.39, 0.29) is 23.3 Å². The molecule has 2 aromatic carbocycles. The molecule has 0 radical (unpaired) electrons. The van der Waals surface area contributed by atoms with Crippen LogP contribution in [0.1, 0.15) is 35.8 Å². The summed E-state index contributed by atoms with van der Waals surface area (Å²) in [6.07, 6.45) is 0.974. The van der Waals surface area contributed by atoms with E-state index >= 15 is 0 Å². The van der Waals surface area contributed by atoms with Gasteiger partial charge in [-0.3, -0.25) is 9.69 Å². The molecule has 2 atom stereocenters. The fourth-order valence-electron chi connectivity index (χ4n) is 4.75. The van der Waals surface area contributed by atoms with E-state index in [4.69, 9.17) is 5.73 Å². The van der Waals surface area contributed by atoms with E-state index in [0.717, 1.165) is 16.8 Å². The Bertz CT molecular complexity index is 1270. The van der Waals surface area contributed by atoms with Crippen molar-refractivity contribution in [2.45, 2.75) is 24.7 Å². The van der Waals surface area contributed by atoms with Gasteiger partial charge in [0.1, 0.15) is 11.6 Å². The number of halogens is 1. The molecule has 6 heteroatoms. The van der Waals surface area contributed by atoms with Gasteiger partial charge in [-0.05, 0) is 64.6 Å². The van der Waals surface area contributed by atoms with E-state index in [1.807, 2.05) is 47.2 Å². The number of carbonyl (C=O) groups is 1. The smallest absolute Gasteiger partial charge is 0.162 e. The van der Waals surface area contributed by atoms with Gasteiger partial charge < -0.3 is 5.73 Å². The Morgan fingerprint density at radius 1 is 1.03 bits per heavy atom. The Morgan fingerprint density at radius 2 is 1.78 bits per heavy atom. The zero-order chi connectivity index (χ0) is 22.2. The van der Waals surface area contributed by atoms with E-state index in [1.54, 1.807) is 17.0 Å². The number of nitriles is 1. The number of hydrogen-bond donors (Lipinski definition) is 1. The molecule has 32 heavy (non-hydrogen) atoms. The fraction of sp³-hybridized carbons (Fsp3) is 0.154. The molecule has 2 aliphatic rings. The molecular formula is C26H20FN3OS. The van der Waals surface area contributed by atoms with Crippen molar-refractivity contribution >= 4 is 22.8 Å². The lowest BCUT2D eigenvalue weighted by Gasteiger charge is -2.41. The van der Waals surface area contributed by atoms with Crippen LogP contribution >= 0.6 is 11.3 Å². The van der Waals surface area contributed by atoms with Crippen LogP contribution in [0.25, 0.3) is 0 Å². The van der Waals surface area contributed by atoms with E-state index in [0.29, 0.717) is 29.7 Å². The minimum absolute atomic E-state index is 0.00459. The number of nitrogens with zero attached hydrogens (tertiary/aromatic N) is 2. The molecule has 2 N–H and O–H groups in total. The lowest BCUT2D eigenvalue weighted by Crippen LogP contribution is -2.40. The molecule has 0 spiro atoms. The van der Waals surface area contributed by atoms with Crippen LogP contribution in [-0.4, -0.2) is 5.78 Å². The number of carbonyl (C=O) groups excluding carboxylic acids is 1. The Labute approximate surface area is 189 Å². The number of thiophene rings is 1. The summed E-state index contributed by atoms with van der Waals surface area (Å²) < 4.78 is 13.6. The zero-order valence-electron chi connectivity index (χ0n) is 17.2. The molecule has 0 saturated carbocycles. The van der Waals surface area contributed by atoms with Crippen LogP contribution in [0.4, 0.5) is 10.1 Å².